The molecular formula is C57H110O6. The molecule has 0 aromatic carbocycles. The van der Waals surface area contributed by atoms with Crippen molar-refractivity contribution in [1.29, 1.82) is 0 Å². The summed E-state index contributed by atoms with van der Waals surface area (Å²) in [5.74, 6) is 0.789. The van der Waals surface area contributed by atoms with Crippen LogP contribution in [0.1, 0.15) is 317 Å². The molecule has 0 aliphatic carbocycles. The Kier molecular flexibility index (Phi) is 48.6. The molecule has 0 aromatic heterocycles. The fourth-order valence-electron chi connectivity index (χ4n) is 8.70. The maximum absolute atomic E-state index is 12.8. The van der Waals surface area contributed by atoms with Gasteiger partial charge < -0.3 is 14.2 Å². The molecule has 0 aromatic rings. The van der Waals surface area contributed by atoms with Gasteiger partial charge in [-0.3, -0.25) is 14.4 Å². The van der Waals surface area contributed by atoms with Gasteiger partial charge in [-0.25, -0.2) is 0 Å². The molecule has 6 heteroatoms. The normalized spacial score (nSPS) is 12.0. The third kappa shape index (κ3) is 51.3. The first-order valence-electron chi connectivity index (χ1n) is 28.2. The molecule has 0 aliphatic rings. The van der Waals surface area contributed by atoms with Crippen molar-refractivity contribution in [3.05, 3.63) is 0 Å². The average Bonchev–Trinajstić information content (AvgIpc) is 3.25. The molecule has 0 unspecified atom stereocenters. The first kappa shape index (κ1) is 61.4. The molecule has 0 radical (unpaired) electrons. The van der Waals surface area contributed by atoms with Crippen LogP contribution >= 0.6 is 0 Å². The lowest BCUT2D eigenvalue weighted by Crippen LogP contribution is -2.30. The zero-order valence-electron chi connectivity index (χ0n) is 43.2. The van der Waals surface area contributed by atoms with E-state index in [4.69, 9.17) is 14.2 Å². The number of carbonyl (C=O) groups is 3. The summed E-state index contributed by atoms with van der Waals surface area (Å²) in [6.45, 7) is 11.4. The van der Waals surface area contributed by atoms with Crippen LogP contribution in [0, 0.1) is 11.8 Å². The lowest BCUT2D eigenvalue weighted by Gasteiger charge is -2.18. The van der Waals surface area contributed by atoms with Gasteiger partial charge in [-0.15, -0.1) is 0 Å². The minimum absolute atomic E-state index is 0.0634. The smallest absolute Gasteiger partial charge is 0.306 e. The van der Waals surface area contributed by atoms with Gasteiger partial charge in [0.25, 0.3) is 0 Å². The predicted octanol–water partition coefficient (Wildman–Crippen LogP) is 18.5. The van der Waals surface area contributed by atoms with E-state index in [9.17, 15) is 14.4 Å². The lowest BCUT2D eigenvalue weighted by atomic mass is 10.0. The van der Waals surface area contributed by atoms with Crippen LogP contribution in [0.5, 0.6) is 0 Å². The van der Waals surface area contributed by atoms with E-state index in [2.05, 4.69) is 34.6 Å². The number of esters is 3. The van der Waals surface area contributed by atoms with E-state index in [0.717, 1.165) is 69.6 Å². The average molecular weight is 892 g/mol. The van der Waals surface area contributed by atoms with Gasteiger partial charge in [0.15, 0.2) is 6.10 Å². The number of ether oxygens (including phenoxy) is 3. The summed E-state index contributed by atoms with van der Waals surface area (Å²) in [7, 11) is 0. The second kappa shape index (κ2) is 49.8. The molecule has 0 rings (SSSR count). The number of carbonyl (C=O) groups excluding carboxylic acids is 3. The second-order valence-corrected chi connectivity index (χ2v) is 20.5. The highest BCUT2D eigenvalue weighted by Crippen LogP contribution is 2.18. The summed E-state index contributed by atoms with van der Waals surface area (Å²) in [5, 5.41) is 0. The van der Waals surface area contributed by atoms with Gasteiger partial charge in [0.1, 0.15) is 13.2 Å². The number of hydrogen-bond acceptors (Lipinski definition) is 6. The predicted molar refractivity (Wildman–Crippen MR) is 270 cm³/mol. The largest absolute Gasteiger partial charge is 0.462 e. The van der Waals surface area contributed by atoms with Crippen molar-refractivity contribution >= 4 is 17.9 Å². The molecule has 63 heavy (non-hydrogen) atoms. The maximum Gasteiger partial charge on any atom is 0.306 e. The molecular weight excluding hydrogens is 781 g/mol. The lowest BCUT2D eigenvalue weighted by molar-refractivity contribution is -0.167. The third-order valence-corrected chi connectivity index (χ3v) is 13.0. The van der Waals surface area contributed by atoms with E-state index in [1.807, 2.05) is 0 Å². The molecule has 374 valence electrons. The van der Waals surface area contributed by atoms with Gasteiger partial charge >= 0.3 is 17.9 Å². The molecule has 0 spiro atoms. The fourth-order valence-corrected chi connectivity index (χ4v) is 8.70. The quantitative estimate of drug-likeness (QED) is 0.0344. The Morgan fingerprint density at radius 1 is 0.302 bits per heavy atom. The third-order valence-electron chi connectivity index (χ3n) is 13.0. The Morgan fingerprint density at radius 2 is 0.524 bits per heavy atom. The molecule has 6 nitrogen and oxygen atoms in total. The summed E-state index contributed by atoms with van der Waals surface area (Å²) in [4.78, 5) is 38.0. The first-order valence-corrected chi connectivity index (χ1v) is 28.2. The highest BCUT2D eigenvalue weighted by Gasteiger charge is 2.19. The van der Waals surface area contributed by atoms with Crippen LogP contribution < -0.4 is 0 Å². The summed E-state index contributed by atoms with van der Waals surface area (Å²) < 4.78 is 16.8. The molecule has 0 fully saturated rings. The van der Waals surface area contributed by atoms with Gasteiger partial charge in [0, 0.05) is 19.3 Å². The highest BCUT2D eigenvalue weighted by molar-refractivity contribution is 5.71. The minimum atomic E-state index is -0.762. The SMILES string of the molecule is CCCCCCCCCCCCCCCCCCC(=O)OC[C@@H](COC(=O)CCCCCCCCCC(C)C)OC(=O)CCCCCCCCCCCCCCCCCCC(C)C. The molecule has 0 saturated heterocycles. The number of rotatable bonds is 51. The monoisotopic (exact) mass is 891 g/mol. The van der Waals surface area contributed by atoms with Crippen molar-refractivity contribution in [3.8, 4) is 0 Å². The van der Waals surface area contributed by atoms with Crippen molar-refractivity contribution in [2.75, 3.05) is 13.2 Å². The van der Waals surface area contributed by atoms with Gasteiger partial charge in [-0.2, -0.15) is 0 Å². The Labute approximate surface area is 393 Å². The van der Waals surface area contributed by atoms with Crippen molar-refractivity contribution in [3.63, 3.8) is 0 Å². The Bertz CT molecular complexity index is 962. The standard InChI is InChI=1S/C57H110O6/c1-6-7-8-9-10-11-12-13-14-18-21-24-27-32-37-42-47-55(58)61-50-54(51-62-56(59)48-43-38-34-29-31-36-41-46-53(4)5)63-57(60)49-44-39-33-28-25-22-19-16-15-17-20-23-26-30-35-40-45-52(2)3/h52-54H,6-51H2,1-5H3/t54-/m0/s1. The Hall–Kier alpha value is -1.59. The van der Waals surface area contributed by atoms with Gasteiger partial charge in [0.2, 0.25) is 0 Å². The summed E-state index contributed by atoms with van der Waals surface area (Å²) in [5.41, 5.74) is 0. The van der Waals surface area contributed by atoms with Crippen molar-refractivity contribution in [1.82, 2.24) is 0 Å². The second-order valence-electron chi connectivity index (χ2n) is 20.5. The molecule has 0 heterocycles. The molecule has 0 saturated carbocycles. The first-order chi connectivity index (χ1) is 30.7. The van der Waals surface area contributed by atoms with E-state index < -0.39 is 6.10 Å². The molecule has 0 aliphatic heterocycles. The summed E-state index contributed by atoms with van der Waals surface area (Å²) in [6, 6.07) is 0. The van der Waals surface area contributed by atoms with Crippen LogP contribution in [0.25, 0.3) is 0 Å². The Balaban J connectivity index is 4.24. The zero-order valence-corrected chi connectivity index (χ0v) is 43.2. The zero-order chi connectivity index (χ0) is 46.1. The van der Waals surface area contributed by atoms with E-state index >= 15 is 0 Å². The molecule has 1 atom stereocenters. The van der Waals surface area contributed by atoms with Gasteiger partial charge in [-0.05, 0) is 31.1 Å². The van der Waals surface area contributed by atoms with Gasteiger partial charge in [-0.1, -0.05) is 279 Å². The highest BCUT2D eigenvalue weighted by atomic mass is 16.6. The van der Waals surface area contributed by atoms with Crippen molar-refractivity contribution in [2.45, 2.75) is 323 Å². The summed E-state index contributed by atoms with van der Waals surface area (Å²) in [6.07, 6.45) is 52.5. The van der Waals surface area contributed by atoms with Crippen LogP contribution in [0.2, 0.25) is 0 Å². The van der Waals surface area contributed by atoms with Crippen molar-refractivity contribution in [2.24, 2.45) is 11.8 Å². The Morgan fingerprint density at radius 3 is 0.778 bits per heavy atom. The number of hydrogen-bond donors (Lipinski definition) is 0. The fraction of sp³-hybridized carbons (Fsp3) is 0.947. The van der Waals surface area contributed by atoms with Crippen LogP contribution in [0.4, 0.5) is 0 Å². The van der Waals surface area contributed by atoms with E-state index in [1.165, 1.54) is 205 Å². The minimum Gasteiger partial charge on any atom is -0.462 e. The summed E-state index contributed by atoms with van der Waals surface area (Å²) >= 11 is 0. The maximum atomic E-state index is 12.8. The van der Waals surface area contributed by atoms with E-state index in [0.29, 0.717) is 19.3 Å². The van der Waals surface area contributed by atoms with Crippen LogP contribution in [0.3, 0.4) is 0 Å². The van der Waals surface area contributed by atoms with Crippen LogP contribution in [-0.2, 0) is 28.6 Å². The molecule has 0 bridgehead atoms. The molecule has 0 N–H and O–H groups in total. The van der Waals surface area contributed by atoms with E-state index in [-0.39, 0.29) is 31.1 Å². The van der Waals surface area contributed by atoms with Crippen LogP contribution in [0.15, 0.2) is 0 Å². The molecule has 0 amide bonds. The van der Waals surface area contributed by atoms with Crippen LogP contribution in [-0.4, -0.2) is 37.2 Å². The van der Waals surface area contributed by atoms with Gasteiger partial charge in [0.05, 0.1) is 0 Å². The van der Waals surface area contributed by atoms with E-state index in [1.54, 1.807) is 0 Å². The van der Waals surface area contributed by atoms with Crippen molar-refractivity contribution < 1.29 is 28.6 Å². The number of unbranched alkanes of at least 4 members (excludes halogenated alkanes) is 36. The topological polar surface area (TPSA) is 78.9 Å².